The first-order chi connectivity index (χ1) is 18.9. The molecule has 2 aromatic carbocycles. The van der Waals surface area contributed by atoms with Gasteiger partial charge in [-0.1, -0.05) is 62.2 Å². The number of fused-ring (bicyclic) bond motifs is 1. The molecular weight excluding hydrogens is 530 g/mol. The largest absolute Gasteiger partial charge is 0.462 e. The lowest BCUT2D eigenvalue weighted by atomic mass is 9.95. The fourth-order valence-corrected chi connectivity index (χ4v) is 5.30. The van der Waals surface area contributed by atoms with Crippen LogP contribution in [0.3, 0.4) is 0 Å². The third-order valence-electron chi connectivity index (χ3n) is 6.00. The maximum atomic E-state index is 13.7. The van der Waals surface area contributed by atoms with Crippen molar-refractivity contribution >= 4 is 46.3 Å². The van der Waals surface area contributed by atoms with E-state index in [-0.39, 0.29) is 12.5 Å². The lowest BCUT2D eigenvalue weighted by molar-refractivity contribution is -0.159. The van der Waals surface area contributed by atoms with Gasteiger partial charge in [0.1, 0.15) is 24.4 Å². The van der Waals surface area contributed by atoms with Crippen LogP contribution in [0.2, 0.25) is 0 Å². The molecule has 1 amide bonds. The predicted molar refractivity (Wildman–Crippen MR) is 158 cm³/mol. The summed E-state index contributed by atoms with van der Waals surface area (Å²) in [6.07, 6.45) is 1.96. The zero-order chi connectivity index (χ0) is 29.7. The van der Waals surface area contributed by atoms with Crippen molar-refractivity contribution in [1.82, 2.24) is 5.32 Å². The van der Waals surface area contributed by atoms with Gasteiger partial charge in [0, 0.05) is 25.4 Å². The van der Waals surface area contributed by atoms with Crippen LogP contribution < -0.4 is 5.32 Å². The van der Waals surface area contributed by atoms with Crippen LogP contribution in [0.15, 0.2) is 42.5 Å². The fourth-order valence-electron chi connectivity index (χ4n) is 4.19. The van der Waals surface area contributed by atoms with E-state index in [0.717, 1.165) is 29.2 Å². The molecule has 0 aromatic heterocycles. The average Bonchev–Trinajstić information content (AvgIpc) is 2.87. The van der Waals surface area contributed by atoms with Gasteiger partial charge >= 0.3 is 17.9 Å². The molecule has 0 radical (unpaired) electrons. The highest BCUT2D eigenvalue weighted by Crippen LogP contribution is 2.24. The molecule has 0 aliphatic rings. The van der Waals surface area contributed by atoms with E-state index in [1.165, 1.54) is 25.6 Å². The third kappa shape index (κ3) is 12.0. The summed E-state index contributed by atoms with van der Waals surface area (Å²) in [6.45, 7) is 9.98. The Morgan fingerprint density at radius 1 is 0.950 bits per heavy atom. The van der Waals surface area contributed by atoms with Crippen molar-refractivity contribution in [3.05, 3.63) is 48.0 Å². The molecule has 40 heavy (non-hydrogen) atoms. The second kappa shape index (κ2) is 16.3. The van der Waals surface area contributed by atoms with Crippen molar-refractivity contribution in [3.8, 4) is 0 Å². The summed E-state index contributed by atoms with van der Waals surface area (Å²) < 4.78 is 16.0. The molecule has 0 unspecified atom stereocenters. The van der Waals surface area contributed by atoms with Crippen LogP contribution in [-0.4, -0.2) is 59.7 Å². The maximum Gasteiger partial charge on any atom is 0.329 e. The van der Waals surface area contributed by atoms with Crippen LogP contribution in [0.25, 0.3) is 10.8 Å². The first kappa shape index (κ1) is 33.1. The number of amides is 1. The molecule has 0 heterocycles. The number of benzene rings is 2. The summed E-state index contributed by atoms with van der Waals surface area (Å²) in [6, 6.07) is 13.3. The Balaban J connectivity index is 2.25. The zero-order valence-electron chi connectivity index (χ0n) is 24.5. The Bertz CT molecular complexity index is 1140. The summed E-state index contributed by atoms with van der Waals surface area (Å²) in [4.78, 5) is 49.5. The van der Waals surface area contributed by atoms with Gasteiger partial charge < -0.3 is 19.5 Å². The van der Waals surface area contributed by atoms with Crippen LogP contribution in [0.5, 0.6) is 0 Å². The van der Waals surface area contributed by atoms with Gasteiger partial charge in [0.05, 0.1) is 5.92 Å². The van der Waals surface area contributed by atoms with Crippen LogP contribution in [0.4, 0.5) is 0 Å². The van der Waals surface area contributed by atoms with Crippen molar-refractivity contribution in [1.29, 1.82) is 0 Å². The summed E-state index contributed by atoms with van der Waals surface area (Å²) in [5, 5.41) is 5.12. The first-order valence-electron chi connectivity index (χ1n) is 13.8. The molecular formula is C31H43NO7S. The molecule has 0 fully saturated rings. The highest BCUT2D eigenvalue weighted by molar-refractivity contribution is 7.99. The van der Waals surface area contributed by atoms with Gasteiger partial charge in [-0.3, -0.25) is 14.4 Å². The number of esters is 3. The van der Waals surface area contributed by atoms with Crippen LogP contribution in [0, 0.1) is 5.92 Å². The zero-order valence-corrected chi connectivity index (χ0v) is 25.3. The third-order valence-corrected chi connectivity index (χ3v) is 7.24. The van der Waals surface area contributed by atoms with Gasteiger partial charge in [-0.2, -0.15) is 11.8 Å². The standard InChI is InChI=1S/C31H43NO7S/c1-7-8-16-28(30(36)39-31(4,5)6)32-29(35)25(17-24-14-11-13-23-12-9-10-15-27(23)24)19-40-20-26(38-22(3)34)18-37-21(2)33/h9-15,25-26,28H,7-8,16-20H2,1-6H3,(H,32,35)/t25-,26+,28+/m1/s1. The SMILES string of the molecule is CCCC[C@H](NC(=O)[C@@H](CSC[C@H](COC(C)=O)OC(C)=O)Cc1cccc2ccccc12)C(=O)OC(C)(C)C. The van der Waals surface area contributed by atoms with Crippen molar-refractivity contribution in [3.63, 3.8) is 0 Å². The van der Waals surface area contributed by atoms with E-state index in [4.69, 9.17) is 14.2 Å². The number of ether oxygens (including phenoxy) is 3. The van der Waals surface area contributed by atoms with E-state index < -0.39 is 41.6 Å². The molecule has 0 aliphatic carbocycles. The van der Waals surface area contributed by atoms with Gasteiger partial charge in [-0.05, 0) is 49.9 Å². The molecule has 220 valence electrons. The van der Waals surface area contributed by atoms with Crippen molar-refractivity contribution < 1.29 is 33.4 Å². The summed E-state index contributed by atoms with van der Waals surface area (Å²) in [7, 11) is 0. The first-order valence-corrected chi connectivity index (χ1v) is 14.9. The highest BCUT2D eigenvalue weighted by atomic mass is 32.2. The molecule has 8 nitrogen and oxygen atoms in total. The van der Waals surface area contributed by atoms with Gasteiger partial charge in [-0.25, -0.2) is 4.79 Å². The van der Waals surface area contributed by atoms with Crippen LogP contribution in [0.1, 0.15) is 66.4 Å². The van der Waals surface area contributed by atoms with Crippen molar-refractivity contribution in [2.45, 2.75) is 85.0 Å². The molecule has 1 N–H and O–H groups in total. The number of hydrogen-bond acceptors (Lipinski definition) is 8. The van der Waals surface area contributed by atoms with E-state index in [2.05, 4.69) is 5.32 Å². The van der Waals surface area contributed by atoms with E-state index in [1.54, 1.807) is 20.8 Å². The van der Waals surface area contributed by atoms with Crippen LogP contribution >= 0.6 is 11.8 Å². The summed E-state index contributed by atoms with van der Waals surface area (Å²) in [5.74, 6) is -1.35. The summed E-state index contributed by atoms with van der Waals surface area (Å²) >= 11 is 1.43. The number of unbranched alkanes of at least 4 members (excludes halogenated alkanes) is 1. The molecule has 9 heteroatoms. The van der Waals surface area contributed by atoms with E-state index >= 15 is 0 Å². The topological polar surface area (TPSA) is 108 Å². The van der Waals surface area contributed by atoms with Crippen LogP contribution in [-0.2, 0) is 39.8 Å². The predicted octanol–water partition coefficient (Wildman–Crippen LogP) is 5.24. The number of rotatable bonds is 15. The molecule has 0 saturated carbocycles. The number of nitrogens with one attached hydrogen (secondary N) is 1. The lowest BCUT2D eigenvalue weighted by Crippen LogP contribution is -2.47. The highest BCUT2D eigenvalue weighted by Gasteiger charge is 2.29. The Morgan fingerprint density at radius 2 is 1.65 bits per heavy atom. The Morgan fingerprint density at radius 3 is 2.30 bits per heavy atom. The quantitative estimate of drug-likeness (QED) is 0.228. The van der Waals surface area contributed by atoms with Gasteiger partial charge in [0.25, 0.3) is 0 Å². The average molecular weight is 574 g/mol. The second-order valence-electron chi connectivity index (χ2n) is 10.8. The van der Waals surface area contributed by atoms with Crippen molar-refractivity contribution in [2.75, 3.05) is 18.1 Å². The van der Waals surface area contributed by atoms with E-state index in [9.17, 15) is 19.2 Å². The Hall–Kier alpha value is -3.07. The monoisotopic (exact) mass is 573 g/mol. The number of carbonyl (C=O) groups is 4. The van der Waals surface area contributed by atoms with Crippen molar-refractivity contribution in [2.24, 2.45) is 5.92 Å². The Kier molecular flexibility index (Phi) is 13.5. The van der Waals surface area contributed by atoms with Gasteiger partial charge in [0.2, 0.25) is 5.91 Å². The van der Waals surface area contributed by atoms with E-state index in [1.807, 2.05) is 49.4 Å². The van der Waals surface area contributed by atoms with E-state index in [0.29, 0.717) is 24.3 Å². The lowest BCUT2D eigenvalue weighted by Gasteiger charge is -2.26. The van der Waals surface area contributed by atoms with Gasteiger partial charge in [-0.15, -0.1) is 0 Å². The second-order valence-corrected chi connectivity index (χ2v) is 11.9. The minimum Gasteiger partial charge on any atom is -0.462 e. The molecule has 0 bridgehead atoms. The molecule has 3 atom stereocenters. The number of carbonyl (C=O) groups excluding carboxylic acids is 4. The van der Waals surface area contributed by atoms with Gasteiger partial charge in [0.15, 0.2) is 0 Å². The molecule has 0 spiro atoms. The number of hydrogen-bond donors (Lipinski definition) is 1. The molecule has 2 rings (SSSR count). The minimum absolute atomic E-state index is 0.0557. The Labute approximate surface area is 241 Å². The summed E-state index contributed by atoms with van der Waals surface area (Å²) in [5.41, 5.74) is 0.357. The molecule has 2 aromatic rings. The molecule has 0 saturated heterocycles. The molecule has 0 aliphatic heterocycles. The normalized spacial score (nSPS) is 13.7. The maximum absolute atomic E-state index is 13.7. The number of thioether (sulfide) groups is 1. The minimum atomic E-state index is -0.746. The fraction of sp³-hybridized carbons (Fsp3) is 0.548. The smallest absolute Gasteiger partial charge is 0.329 e.